The minimum Gasteiger partial charge on any atom is -0.383 e. The second kappa shape index (κ2) is 5.72. The molecule has 0 aliphatic heterocycles. The number of hydrogen-bond acceptors (Lipinski definition) is 4. The van der Waals surface area contributed by atoms with E-state index in [0.717, 1.165) is 19.0 Å². The third kappa shape index (κ3) is 3.23. The van der Waals surface area contributed by atoms with E-state index in [4.69, 9.17) is 5.73 Å². The maximum absolute atomic E-state index is 12.7. The molecule has 0 unspecified atom stereocenters. The van der Waals surface area contributed by atoms with Gasteiger partial charge in [-0.3, -0.25) is 0 Å². The van der Waals surface area contributed by atoms with E-state index in [2.05, 4.69) is 27.4 Å². The Bertz CT molecular complexity index is 690. The molecule has 1 aliphatic rings. The number of nitrogens with one attached hydrogen (secondary N) is 1. The van der Waals surface area contributed by atoms with Gasteiger partial charge in [-0.25, -0.2) is 4.98 Å². The van der Waals surface area contributed by atoms with E-state index in [1.165, 1.54) is 11.1 Å². The van der Waals surface area contributed by atoms with Crippen LogP contribution in [0.5, 0.6) is 0 Å². The Morgan fingerprint density at radius 1 is 1.22 bits per heavy atom. The zero-order valence-electron chi connectivity index (χ0n) is 12.6. The molecule has 0 fully saturated rings. The Morgan fingerprint density at radius 3 is 2.35 bits per heavy atom. The molecule has 1 aromatic heterocycles. The maximum Gasteiger partial charge on any atom is 0.421 e. The highest BCUT2D eigenvalue weighted by atomic mass is 19.4. The predicted molar refractivity (Wildman–Crippen MR) is 81.9 cm³/mol. The fourth-order valence-corrected chi connectivity index (χ4v) is 2.95. The lowest BCUT2D eigenvalue weighted by atomic mass is 9.98. The molecule has 3 rings (SSSR count). The van der Waals surface area contributed by atoms with Gasteiger partial charge in [0, 0.05) is 12.2 Å². The normalized spacial score (nSPS) is 16.2. The Kier molecular flexibility index (Phi) is 3.87. The molecule has 2 aromatic rings. The molecule has 7 heteroatoms. The fraction of sp³-hybridized carbons (Fsp3) is 0.375. The number of hydrogen-bond donors (Lipinski definition) is 2. The first kappa shape index (κ1) is 15.6. The smallest absolute Gasteiger partial charge is 0.383 e. The minimum atomic E-state index is -4.54. The average Bonchev–Trinajstić information content (AvgIpc) is 2.90. The van der Waals surface area contributed by atoms with E-state index in [-0.39, 0.29) is 12.0 Å². The van der Waals surface area contributed by atoms with Gasteiger partial charge in [0.15, 0.2) is 0 Å². The molecule has 0 radical (unpaired) electrons. The first-order valence-electron chi connectivity index (χ1n) is 7.37. The van der Waals surface area contributed by atoms with Gasteiger partial charge in [-0.1, -0.05) is 24.3 Å². The van der Waals surface area contributed by atoms with Crippen molar-refractivity contribution in [1.82, 2.24) is 9.97 Å². The number of nitrogen functional groups attached to an aromatic ring is 1. The van der Waals surface area contributed by atoms with Crippen molar-refractivity contribution in [2.75, 3.05) is 11.1 Å². The highest BCUT2D eigenvalue weighted by molar-refractivity contribution is 5.45. The molecule has 0 amide bonds. The molecule has 3 N–H and O–H groups in total. The second-order valence-corrected chi connectivity index (χ2v) is 5.86. The average molecular weight is 322 g/mol. The van der Waals surface area contributed by atoms with E-state index in [0.29, 0.717) is 5.92 Å². The van der Waals surface area contributed by atoms with Crippen LogP contribution < -0.4 is 11.1 Å². The molecule has 4 nitrogen and oxygen atoms in total. The molecule has 122 valence electrons. The summed E-state index contributed by atoms with van der Waals surface area (Å²) in [6, 6.07) is 8.26. The van der Waals surface area contributed by atoms with Gasteiger partial charge in [0.1, 0.15) is 11.4 Å². The number of aromatic nitrogens is 2. The summed E-state index contributed by atoms with van der Waals surface area (Å²) in [4.78, 5) is 7.48. The number of halogens is 3. The first-order valence-corrected chi connectivity index (χ1v) is 7.37. The molecule has 23 heavy (non-hydrogen) atoms. The van der Waals surface area contributed by atoms with Gasteiger partial charge in [-0.05, 0) is 36.8 Å². The van der Waals surface area contributed by atoms with Crippen molar-refractivity contribution in [3.63, 3.8) is 0 Å². The molecule has 0 bridgehead atoms. The topological polar surface area (TPSA) is 63.8 Å². The van der Waals surface area contributed by atoms with Crippen LogP contribution in [0.25, 0.3) is 0 Å². The summed E-state index contributed by atoms with van der Waals surface area (Å²) in [5.41, 5.74) is 7.02. The molecule has 0 saturated heterocycles. The Morgan fingerprint density at radius 2 is 1.83 bits per heavy atom. The van der Waals surface area contributed by atoms with Gasteiger partial charge in [-0.2, -0.15) is 18.2 Å². The van der Waals surface area contributed by atoms with Crippen LogP contribution in [0.4, 0.5) is 24.9 Å². The van der Waals surface area contributed by atoms with Crippen molar-refractivity contribution in [2.45, 2.75) is 32.0 Å². The number of rotatable bonds is 3. The second-order valence-electron chi connectivity index (χ2n) is 5.86. The molecular weight excluding hydrogens is 305 g/mol. The zero-order valence-corrected chi connectivity index (χ0v) is 12.6. The summed E-state index contributed by atoms with van der Waals surface area (Å²) in [5, 5.41) is 3.07. The Hall–Kier alpha value is -2.31. The predicted octanol–water partition coefficient (Wildman–Crippen LogP) is 3.29. The minimum absolute atomic E-state index is 0.0264. The highest BCUT2D eigenvalue weighted by Gasteiger charge is 2.34. The molecular formula is C16H17F3N4. The summed E-state index contributed by atoms with van der Waals surface area (Å²) >= 11 is 0. The number of nitrogens with two attached hydrogens (primary N) is 1. The van der Waals surface area contributed by atoms with Crippen LogP contribution in [0.1, 0.15) is 23.6 Å². The quantitative estimate of drug-likeness (QED) is 0.910. The lowest BCUT2D eigenvalue weighted by Crippen LogP contribution is -2.27. The van der Waals surface area contributed by atoms with Crippen LogP contribution in [-0.2, 0) is 19.0 Å². The van der Waals surface area contributed by atoms with E-state index in [1.807, 2.05) is 19.1 Å². The summed E-state index contributed by atoms with van der Waals surface area (Å²) in [6.07, 6.45) is -1.96. The summed E-state index contributed by atoms with van der Waals surface area (Å²) < 4.78 is 38.0. The van der Waals surface area contributed by atoms with E-state index < -0.39 is 17.6 Å². The Labute approximate surface area is 131 Å². The number of nitrogens with zero attached hydrogens (tertiary/aromatic N) is 2. The van der Waals surface area contributed by atoms with Crippen LogP contribution in [0, 0.1) is 5.92 Å². The van der Waals surface area contributed by atoms with Gasteiger partial charge < -0.3 is 11.1 Å². The monoisotopic (exact) mass is 322 g/mol. The Balaban J connectivity index is 1.70. The number of anilines is 2. The number of alkyl halides is 3. The third-order valence-electron chi connectivity index (χ3n) is 4.27. The van der Waals surface area contributed by atoms with Crippen molar-refractivity contribution in [3.05, 3.63) is 47.2 Å². The van der Waals surface area contributed by atoms with Crippen molar-refractivity contribution in [3.8, 4) is 0 Å². The van der Waals surface area contributed by atoms with Crippen LogP contribution in [0.15, 0.2) is 30.5 Å². The lowest BCUT2D eigenvalue weighted by Gasteiger charge is -2.21. The van der Waals surface area contributed by atoms with Gasteiger partial charge in [0.2, 0.25) is 5.95 Å². The van der Waals surface area contributed by atoms with Crippen LogP contribution >= 0.6 is 0 Å². The molecule has 1 heterocycles. The van der Waals surface area contributed by atoms with Crippen molar-refractivity contribution < 1.29 is 13.2 Å². The molecule has 0 spiro atoms. The fourth-order valence-electron chi connectivity index (χ4n) is 2.95. The van der Waals surface area contributed by atoms with Gasteiger partial charge in [-0.15, -0.1) is 0 Å². The zero-order chi connectivity index (χ0) is 16.6. The number of fused-ring (bicyclic) bond motifs is 1. The van der Waals surface area contributed by atoms with Crippen LogP contribution in [-0.4, -0.2) is 16.0 Å². The summed E-state index contributed by atoms with van der Waals surface area (Å²) in [5.74, 6) is -0.0876. The van der Waals surface area contributed by atoms with Crippen molar-refractivity contribution in [1.29, 1.82) is 0 Å². The lowest BCUT2D eigenvalue weighted by molar-refractivity contribution is -0.137. The molecule has 1 atom stereocenters. The summed E-state index contributed by atoms with van der Waals surface area (Å²) in [6.45, 7) is 1.98. The number of benzene rings is 1. The van der Waals surface area contributed by atoms with Crippen LogP contribution in [0.2, 0.25) is 0 Å². The first-order chi connectivity index (χ1) is 10.8. The van der Waals surface area contributed by atoms with E-state index >= 15 is 0 Å². The van der Waals surface area contributed by atoms with E-state index in [9.17, 15) is 13.2 Å². The third-order valence-corrected chi connectivity index (χ3v) is 4.27. The largest absolute Gasteiger partial charge is 0.421 e. The van der Waals surface area contributed by atoms with Gasteiger partial charge in [0.25, 0.3) is 0 Å². The van der Waals surface area contributed by atoms with Crippen molar-refractivity contribution in [2.24, 2.45) is 5.92 Å². The molecule has 0 saturated carbocycles. The molecule has 1 aliphatic carbocycles. The van der Waals surface area contributed by atoms with E-state index in [1.54, 1.807) is 0 Å². The molecule has 1 aromatic carbocycles. The van der Waals surface area contributed by atoms with Crippen molar-refractivity contribution >= 4 is 11.8 Å². The van der Waals surface area contributed by atoms with Gasteiger partial charge >= 0.3 is 6.18 Å². The standard InChI is InChI=1S/C16H17F3N4/c1-9(12-6-10-4-2-3-5-11(10)7-12)22-15-21-8-13(14(20)23-15)16(17,18)19/h2-5,8-9,12H,6-7H2,1H3,(H3,20,21,22,23)/t9-/m1/s1. The highest BCUT2D eigenvalue weighted by Crippen LogP contribution is 2.33. The SMILES string of the molecule is C[C@@H](Nc1ncc(C(F)(F)F)c(N)n1)C1Cc2ccccc2C1. The summed E-state index contributed by atoms with van der Waals surface area (Å²) in [7, 11) is 0. The maximum atomic E-state index is 12.7. The van der Waals surface area contributed by atoms with Gasteiger partial charge in [0.05, 0.1) is 0 Å². The van der Waals surface area contributed by atoms with Crippen LogP contribution in [0.3, 0.4) is 0 Å².